The minimum atomic E-state index is -0.0609. The second-order valence-electron chi connectivity index (χ2n) is 5.56. The number of aromatic nitrogens is 2. The Bertz CT molecular complexity index is 896. The van der Waals surface area contributed by atoms with E-state index >= 15 is 0 Å². The lowest BCUT2D eigenvalue weighted by Crippen LogP contribution is -2.13. The summed E-state index contributed by atoms with van der Waals surface area (Å²) < 4.78 is 13.7. The Labute approximate surface area is 153 Å². The number of para-hydroxylation sites is 1. The van der Waals surface area contributed by atoms with E-state index in [0.29, 0.717) is 17.1 Å². The third-order valence-electron chi connectivity index (χ3n) is 3.77. The zero-order valence-electron chi connectivity index (χ0n) is 13.7. The summed E-state index contributed by atoms with van der Waals surface area (Å²) in [6, 6.07) is 11.3. The molecule has 0 fully saturated rings. The number of Topliss-reactive ketones (excluding diaryl/α,β-unsaturated/α-hetero) is 1. The molecule has 0 saturated heterocycles. The fraction of sp³-hybridized carbons (Fsp3) is 0.222. The van der Waals surface area contributed by atoms with E-state index in [1.54, 1.807) is 0 Å². The Kier molecular flexibility index (Phi) is 4.75. The van der Waals surface area contributed by atoms with Crippen molar-refractivity contribution in [1.82, 2.24) is 9.72 Å². The predicted octanol–water partition coefficient (Wildman–Crippen LogP) is 4.26. The topological polar surface area (TPSA) is 57.3 Å². The number of benzene rings is 1. The normalized spacial score (nSPS) is 10.8. The summed E-state index contributed by atoms with van der Waals surface area (Å²) in [5.41, 5.74) is 2.40. The van der Waals surface area contributed by atoms with Crippen molar-refractivity contribution in [1.29, 1.82) is 0 Å². The molecule has 2 aromatic heterocycles. The van der Waals surface area contributed by atoms with Gasteiger partial charge in [0.1, 0.15) is 11.5 Å². The maximum atomic E-state index is 12.6. The van der Waals surface area contributed by atoms with Crippen LogP contribution in [0.4, 0.5) is 0 Å². The third kappa shape index (κ3) is 3.24. The Morgan fingerprint density at radius 1 is 1.25 bits per heavy atom. The summed E-state index contributed by atoms with van der Waals surface area (Å²) >= 11 is 2.19. The van der Waals surface area contributed by atoms with Gasteiger partial charge >= 0.3 is 0 Å². The van der Waals surface area contributed by atoms with Gasteiger partial charge in [0, 0.05) is 23.0 Å². The summed E-state index contributed by atoms with van der Waals surface area (Å²) in [5, 5.41) is 4.03. The maximum absolute atomic E-state index is 12.6. The van der Waals surface area contributed by atoms with Crippen LogP contribution in [0.25, 0.3) is 5.82 Å². The zero-order chi connectivity index (χ0) is 17.3. The molecule has 1 aromatic carbocycles. The number of carbonyl (C=O) groups excluding carboxylic acids is 1. The summed E-state index contributed by atoms with van der Waals surface area (Å²) in [6.07, 6.45) is 0. The van der Waals surface area contributed by atoms with Crippen LogP contribution in [-0.2, 0) is 0 Å². The van der Waals surface area contributed by atoms with Crippen LogP contribution >= 0.6 is 22.6 Å². The molecule has 2 heterocycles. The van der Waals surface area contributed by atoms with Crippen LogP contribution in [0.15, 0.2) is 40.9 Å². The van der Waals surface area contributed by atoms with E-state index in [1.807, 2.05) is 61.7 Å². The first kappa shape index (κ1) is 16.8. The van der Waals surface area contributed by atoms with Gasteiger partial charge in [-0.1, -0.05) is 17.3 Å². The first-order valence-corrected chi connectivity index (χ1v) is 8.58. The molecule has 3 aromatic rings. The molecule has 0 aliphatic carbocycles. The monoisotopic (exact) mass is 436 g/mol. The summed E-state index contributed by atoms with van der Waals surface area (Å²) in [5.74, 6) is 2.06. The fourth-order valence-electron chi connectivity index (χ4n) is 2.64. The number of hydrogen-bond acceptors (Lipinski definition) is 4. The third-order valence-corrected chi connectivity index (χ3v) is 4.66. The SMILES string of the molecule is Cc1cc(-n2c(C)cc(C(=O)COc3ccccc3I)c2C)no1. The molecule has 24 heavy (non-hydrogen) atoms. The van der Waals surface area contributed by atoms with Crippen molar-refractivity contribution in [3.63, 3.8) is 0 Å². The Morgan fingerprint density at radius 2 is 2.00 bits per heavy atom. The van der Waals surface area contributed by atoms with Gasteiger partial charge in [-0.15, -0.1) is 0 Å². The van der Waals surface area contributed by atoms with Crippen LogP contribution in [0, 0.1) is 24.3 Å². The number of rotatable bonds is 5. The first-order chi connectivity index (χ1) is 11.5. The van der Waals surface area contributed by atoms with E-state index < -0.39 is 0 Å². The minimum absolute atomic E-state index is 0.00213. The van der Waals surface area contributed by atoms with E-state index in [-0.39, 0.29) is 12.4 Å². The van der Waals surface area contributed by atoms with Crippen molar-refractivity contribution >= 4 is 28.4 Å². The van der Waals surface area contributed by atoms with Gasteiger partial charge in [-0.25, -0.2) is 0 Å². The lowest BCUT2D eigenvalue weighted by Gasteiger charge is -2.08. The van der Waals surface area contributed by atoms with Crippen molar-refractivity contribution in [2.75, 3.05) is 6.61 Å². The van der Waals surface area contributed by atoms with Gasteiger partial charge < -0.3 is 9.26 Å². The quantitative estimate of drug-likeness (QED) is 0.443. The molecule has 0 N–H and O–H groups in total. The lowest BCUT2D eigenvalue weighted by molar-refractivity contribution is 0.0920. The molecule has 5 nitrogen and oxygen atoms in total. The molecule has 0 spiro atoms. The van der Waals surface area contributed by atoms with Crippen molar-refractivity contribution in [2.45, 2.75) is 20.8 Å². The highest BCUT2D eigenvalue weighted by atomic mass is 127. The van der Waals surface area contributed by atoms with Crippen LogP contribution in [-0.4, -0.2) is 22.1 Å². The average Bonchev–Trinajstić information content (AvgIpc) is 3.09. The molecule has 0 saturated carbocycles. The summed E-state index contributed by atoms with van der Waals surface area (Å²) in [7, 11) is 0. The van der Waals surface area contributed by atoms with Crippen LogP contribution in [0.1, 0.15) is 27.5 Å². The van der Waals surface area contributed by atoms with E-state index in [2.05, 4.69) is 27.7 Å². The molecule has 0 bridgehead atoms. The van der Waals surface area contributed by atoms with Gasteiger partial charge in [0.2, 0.25) is 5.78 Å². The van der Waals surface area contributed by atoms with Gasteiger partial charge in [0.15, 0.2) is 12.4 Å². The maximum Gasteiger partial charge on any atom is 0.202 e. The van der Waals surface area contributed by atoms with Crippen LogP contribution < -0.4 is 4.74 Å². The molecule has 0 aliphatic rings. The van der Waals surface area contributed by atoms with Crippen LogP contribution in [0.5, 0.6) is 5.75 Å². The van der Waals surface area contributed by atoms with Crippen molar-refractivity contribution < 1.29 is 14.1 Å². The Balaban J connectivity index is 1.82. The van der Waals surface area contributed by atoms with E-state index in [1.165, 1.54) is 0 Å². The Hall–Kier alpha value is -2.09. The van der Waals surface area contributed by atoms with Gasteiger partial charge in [0.25, 0.3) is 0 Å². The number of carbonyl (C=O) groups is 1. The Morgan fingerprint density at radius 3 is 2.67 bits per heavy atom. The van der Waals surface area contributed by atoms with E-state index in [9.17, 15) is 4.79 Å². The van der Waals surface area contributed by atoms with Crippen molar-refractivity contribution in [2.24, 2.45) is 0 Å². The highest BCUT2D eigenvalue weighted by molar-refractivity contribution is 14.1. The van der Waals surface area contributed by atoms with Gasteiger partial charge in [-0.3, -0.25) is 9.36 Å². The zero-order valence-corrected chi connectivity index (χ0v) is 15.8. The van der Waals surface area contributed by atoms with Gasteiger partial charge in [-0.2, -0.15) is 0 Å². The standard InChI is InChI=1S/C18H17IN2O3/c1-11-8-14(13(3)21(11)18-9-12(2)24-20-18)16(22)10-23-17-7-5-4-6-15(17)19/h4-9H,10H2,1-3H3. The van der Waals surface area contributed by atoms with Crippen LogP contribution in [0.3, 0.4) is 0 Å². The molecular weight excluding hydrogens is 419 g/mol. The van der Waals surface area contributed by atoms with Crippen LogP contribution in [0.2, 0.25) is 0 Å². The summed E-state index contributed by atoms with van der Waals surface area (Å²) in [4.78, 5) is 12.6. The highest BCUT2D eigenvalue weighted by Gasteiger charge is 2.19. The summed E-state index contributed by atoms with van der Waals surface area (Å²) in [6.45, 7) is 5.68. The molecule has 6 heteroatoms. The highest BCUT2D eigenvalue weighted by Crippen LogP contribution is 2.23. The number of ether oxygens (including phenoxy) is 1. The molecule has 0 unspecified atom stereocenters. The first-order valence-electron chi connectivity index (χ1n) is 7.50. The fourth-order valence-corrected chi connectivity index (χ4v) is 3.18. The molecule has 0 aliphatic heterocycles. The minimum Gasteiger partial charge on any atom is -0.484 e. The average molecular weight is 436 g/mol. The predicted molar refractivity (Wildman–Crippen MR) is 99.0 cm³/mol. The largest absolute Gasteiger partial charge is 0.484 e. The van der Waals surface area contributed by atoms with E-state index in [0.717, 1.165) is 20.7 Å². The lowest BCUT2D eigenvalue weighted by atomic mass is 10.1. The molecule has 124 valence electrons. The molecule has 0 amide bonds. The molecule has 0 radical (unpaired) electrons. The molecular formula is C18H17IN2O3. The van der Waals surface area contributed by atoms with Gasteiger partial charge in [-0.05, 0) is 61.6 Å². The molecule has 0 atom stereocenters. The number of halogens is 1. The van der Waals surface area contributed by atoms with E-state index in [4.69, 9.17) is 9.26 Å². The number of aryl methyl sites for hydroxylation is 2. The number of nitrogens with zero attached hydrogens (tertiary/aromatic N) is 2. The van der Waals surface area contributed by atoms with Crippen molar-refractivity contribution in [3.8, 4) is 11.6 Å². The number of ketones is 1. The van der Waals surface area contributed by atoms with Gasteiger partial charge in [0.05, 0.1) is 3.57 Å². The second-order valence-corrected chi connectivity index (χ2v) is 6.72. The number of hydrogen-bond donors (Lipinski definition) is 0. The smallest absolute Gasteiger partial charge is 0.202 e. The second kappa shape index (κ2) is 6.80. The van der Waals surface area contributed by atoms with Crippen molar-refractivity contribution in [3.05, 3.63) is 62.7 Å². The molecule has 3 rings (SSSR count).